The first kappa shape index (κ1) is 14.4. The molecular weight excluding hydrogens is 261 g/mol. The second-order valence-corrected chi connectivity index (χ2v) is 6.01. The van der Waals surface area contributed by atoms with Crippen molar-refractivity contribution in [2.45, 2.75) is 43.5 Å². The Bertz CT molecular complexity index is 469. The van der Waals surface area contributed by atoms with Crippen molar-refractivity contribution < 1.29 is 9.18 Å². The standard InChI is InChI=1S/C15H20FNOS/c1-10-3-5-11(6-4-10)17(2)15(18)13-9-12(19)7-8-14(13)16/h7-11,19H,3-6H2,1-2H3. The number of carbonyl (C=O) groups is 1. The predicted octanol–water partition coefficient (Wildman–Crippen LogP) is 3.77. The van der Waals surface area contributed by atoms with Crippen LogP contribution in [-0.4, -0.2) is 23.9 Å². The summed E-state index contributed by atoms with van der Waals surface area (Å²) in [6, 6.07) is 4.58. The molecule has 0 heterocycles. The number of thiol groups is 1. The Labute approximate surface area is 119 Å². The van der Waals surface area contributed by atoms with Crippen molar-refractivity contribution in [2.24, 2.45) is 5.92 Å². The van der Waals surface area contributed by atoms with Crippen LogP contribution in [0, 0.1) is 11.7 Å². The van der Waals surface area contributed by atoms with Gasteiger partial charge in [0, 0.05) is 18.0 Å². The van der Waals surface area contributed by atoms with Crippen molar-refractivity contribution >= 4 is 18.5 Å². The highest BCUT2D eigenvalue weighted by Gasteiger charge is 2.26. The third kappa shape index (κ3) is 3.30. The van der Waals surface area contributed by atoms with Gasteiger partial charge in [-0.25, -0.2) is 4.39 Å². The van der Waals surface area contributed by atoms with Gasteiger partial charge in [0.15, 0.2) is 0 Å². The summed E-state index contributed by atoms with van der Waals surface area (Å²) in [4.78, 5) is 14.6. The molecule has 1 aliphatic rings. The highest BCUT2D eigenvalue weighted by atomic mass is 32.1. The van der Waals surface area contributed by atoms with Crippen LogP contribution in [0.3, 0.4) is 0 Å². The Balaban J connectivity index is 2.12. The Morgan fingerprint density at radius 1 is 1.32 bits per heavy atom. The van der Waals surface area contributed by atoms with Crippen molar-refractivity contribution in [2.75, 3.05) is 7.05 Å². The van der Waals surface area contributed by atoms with Crippen molar-refractivity contribution in [3.8, 4) is 0 Å². The molecule has 104 valence electrons. The fraction of sp³-hybridized carbons (Fsp3) is 0.533. The van der Waals surface area contributed by atoms with Crippen LogP contribution in [0.25, 0.3) is 0 Å². The van der Waals surface area contributed by atoms with E-state index in [4.69, 9.17) is 0 Å². The topological polar surface area (TPSA) is 20.3 Å². The Morgan fingerprint density at radius 3 is 2.58 bits per heavy atom. The molecule has 2 rings (SSSR count). The fourth-order valence-electron chi connectivity index (χ4n) is 2.66. The molecule has 0 aromatic heterocycles. The zero-order chi connectivity index (χ0) is 14.0. The minimum Gasteiger partial charge on any atom is -0.339 e. The van der Waals surface area contributed by atoms with Gasteiger partial charge in [-0.2, -0.15) is 0 Å². The monoisotopic (exact) mass is 281 g/mol. The average molecular weight is 281 g/mol. The summed E-state index contributed by atoms with van der Waals surface area (Å²) in [6.45, 7) is 2.24. The summed E-state index contributed by atoms with van der Waals surface area (Å²) < 4.78 is 13.7. The van der Waals surface area contributed by atoms with Gasteiger partial charge in [0.2, 0.25) is 0 Å². The highest BCUT2D eigenvalue weighted by Crippen LogP contribution is 2.27. The summed E-state index contributed by atoms with van der Waals surface area (Å²) in [5, 5.41) is 0. The maximum Gasteiger partial charge on any atom is 0.256 e. The van der Waals surface area contributed by atoms with Gasteiger partial charge in [-0.15, -0.1) is 12.6 Å². The SMILES string of the molecule is CC1CCC(N(C)C(=O)c2cc(S)ccc2F)CC1. The maximum absolute atomic E-state index is 13.7. The largest absolute Gasteiger partial charge is 0.339 e. The quantitative estimate of drug-likeness (QED) is 0.818. The molecule has 0 unspecified atom stereocenters. The molecule has 1 aliphatic carbocycles. The van der Waals surface area contributed by atoms with Crippen LogP contribution in [0.1, 0.15) is 43.0 Å². The molecule has 1 amide bonds. The molecule has 19 heavy (non-hydrogen) atoms. The van der Waals surface area contributed by atoms with Gasteiger partial charge in [0.1, 0.15) is 5.82 Å². The van der Waals surface area contributed by atoms with Gasteiger partial charge in [0.25, 0.3) is 5.91 Å². The van der Waals surface area contributed by atoms with E-state index in [1.165, 1.54) is 12.1 Å². The molecule has 2 nitrogen and oxygen atoms in total. The van der Waals surface area contributed by atoms with Crippen LogP contribution in [0.15, 0.2) is 23.1 Å². The number of nitrogens with zero attached hydrogens (tertiary/aromatic N) is 1. The van der Waals surface area contributed by atoms with Crippen LogP contribution in [0.2, 0.25) is 0 Å². The molecule has 0 N–H and O–H groups in total. The van der Waals surface area contributed by atoms with E-state index >= 15 is 0 Å². The molecular formula is C15H20FNOS. The first-order chi connectivity index (χ1) is 8.99. The van der Waals surface area contributed by atoms with E-state index in [0.717, 1.165) is 31.6 Å². The molecule has 0 spiro atoms. The number of halogens is 1. The minimum atomic E-state index is -0.473. The molecule has 1 aromatic rings. The summed E-state index contributed by atoms with van der Waals surface area (Å²) in [6.07, 6.45) is 4.28. The number of benzene rings is 1. The third-order valence-corrected chi connectivity index (χ3v) is 4.31. The van der Waals surface area contributed by atoms with Crippen LogP contribution in [0.4, 0.5) is 4.39 Å². The van der Waals surface area contributed by atoms with Crippen LogP contribution >= 0.6 is 12.6 Å². The number of rotatable bonds is 2. The van der Waals surface area contributed by atoms with E-state index in [1.54, 1.807) is 18.0 Å². The third-order valence-electron chi connectivity index (χ3n) is 4.03. The first-order valence-electron chi connectivity index (χ1n) is 6.74. The van der Waals surface area contributed by atoms with Crippen LogP contribution in [0.5, 0.6) is 0 Å². The zero-order valence-electron chi connectivity index (χ0n) is 11.4. The van der Waals surface area contributed by atoms with Crippen molar-refractivity contribution in [3.05, 3.63) is 29.6 Å². The Morgan fingerprint density at radius 2 is 1.95 bits per heavy atom. The van der Waals surface area contributed by atoms with E-state index < -0.39 is 5.82 Å². The molecule has 0 atom stereocenters. The van der Waals surface area contributed by atoms with Gasteiger partial charge in [-0.3, -0.25) is 4.79 Å². The van der Waals surface area contributed by atoms with Gasteiger partial charge in [-0.05, 0) is 49.8 Å². The fourth-order valence-corrected chi connectivity index (χ4v) is 2.87. The van der Waals surface area contributed by atoms with E-state index in [2.05, 4.69) is 19.6 Å². The molecule has 1 fully saturated rings. The lowest BCUT2D eigenvalue weighted by Gasteiger charge is -2.33. The first-order valence-corrected chi connectivity index (χ1v) is 7.19. The van der Waals surface area contributed by atoms with Gasteiger partial charge >= 0.3 is 0 Å². The van der Waals surface area contributed by atoms with Crippen molar-refractivity contribution in [1.29, 1.82) is 0 Å². The van der Waals surface area contributed by atoms with E-state index in [9.17, 15) is 9.18 Å². The lowest BCUT2D eigenvalue weighted by molar-refractivity contribution is 0.0674. The number of hydrogen-bond donors (Lipinski definition) is 1. The second-order valence-electron chi connectivity index (χ2n) is 5.49. The maximum atomic E-state index is 13.7. The van der Waals surface area contributed by atoms with Gasteiger partial charge in [-0.1, -0.05) is 6.92 Å². The van der Waals surface area contributed by atoms with Crippen LogP contribution in [-0.2, 0) is 0 Å². The lowest BCUT2D eigenvalue weighted by Crippen LogP contribution is -2.39. The summed E-state index contributed by atoms with van der Waals surface area (Å²) in [5.41, 5.74) is 0.119. The number of amides is 1. The normalized spacial score (nSPS) is 23.2. The zero-order valence-corrected chi connectivity index (χ0v) is 12.3. The molecule has 1 aromatic carbocycles. The molecule has 0 radical (unpaired) electrons. The van der Waals surface area contributed by atoms with Crippen molar-refractivity contribution in [1.82, 2.24) is 4.90 Å². The van der Waals surface area contributed by atoms with E-state index in [0.29, 0.717) is 4.90 Å². The molecule has 0 saturated heterocycles. The molecule has 0 bridgehead atoms. The van der Waals surface area contributed by atoms with E-state index in [-0.39, 0.29) is 17.5 Å². The Hall–Kier alpha value is -1.03. The minimum absolute atomic E-state index is 0.119. The van der Waals surface area contributed by atoms with E-state index in [1.807, 2.05) is 0 Å². The summed E-state index contributed by atoms with van der Waals surface area (Å²) in [7, 11) is 1.77. The van der Waals surface area contributed by atoms with Gasteiger partial charge in [0.05, 0.1) is 5.56 Å². The molecule has 0 aliphatic heterocycles. The van der Waals surface area contributed by atoms with Crippen LogP contribution < -0.4 is 0 Å². The second kappa shape index (κ2) is 5.95. The Kier molecular flexibility index (Phi) is 4.50. The summed E-state index contributed by atoms with van der Waals surface area (Å²) in [5.74, 6) is 0.0176. The lowest BCUT2D eigenvalue weighted by atomic mass is 9.86. The van der Waals surface area contributed by atoms with Gasteiger partial charge < -0.3 is 4.90 Å². The number of carbonyl (C=O) groups excluding carboxylic acids is 1. The summed E-state index contributed by atoms with van der Waals surface area (Å²) >= 11 is 4.17. The molecule has 4 heteroatoms. The number of hydrogen-bond acceptors (Lipinski definition) is 2. The predicted molar refractivity (Wildman–Crippen MR) is 77.2 cm³/mol. The average Bonchev–Trinajstić information content (AvgIpc) is 2.41. The molecule has 1 saturated carbocycles. The smallest absolute Gasteiger partial charge is 0.256 e. The van der Waals surface area contributed by atoms with Crippen molar-refractivity contribution in [3.63, 3.8) is 0 Å². The highest BCUT2D eigenvalue weighted by molar-refractivity contribution is 7.80.